The first kappa shape index (κ1) is 15.7. The Morgan fingerprint density at radius 2 is 2.00 bits per heavy atom. The van der Waals surface area contributed by atoms with Crippen molar-refractivity contribution in [2.75, 3.05) is 5.88 Å². The molecule has 0 aliphatic heterocycles. The molecule has 1 aliphatic rings. The molecule has 0 atom stereocenters. The Hall–Kier alpha value is -0.730. The average molecular weight is 314 g/mol. The van der Waals surface area contributed by atoms with E-state index in [4.69, 9.17) is 23.2 Å². The molecule has 1 amide bonds. The summed E-state index contributed by atoms with van der Waals surface area (Å²) >= 11 is 12.2. The highest BCUT2D eigenvalue weighted by molar-refractivity contribution is 6.31. The minimum absolute atomic E-state index is 0.00769. The smallest absolute Gasteiger partial charge is 0.224 e. The standard InChI is InChI=1S/C16H21Cl2NO/c1-12-6-8-16(11-17,9-7-12)19-15(20)10-13-4-2-3-5-14(13)18/h2-5,12H,6-11H2,1H3,(H,19,20). The second-order valence-corrected chi connectivity index (χ2v) is 6.59. The summed E-state index contributed by atoms with van der Waals surface area (Å²) in [4.78, 5) is 12.3. The van der Waals surface area contributed by atoms with Gasteiger partial charge < -0.3 is 5.32 Å². The Morgan fingerprint density at radius 1 is 1.35 bits per heavy atom. The van der Waals surface area contributed by atoms with Crippen LogP contribution < -0.4 is 5.32 Å². The van der Waals surface area contributed by atoms with Crippen molar-refractivity contribution in [1.29, 1.82) is 0 Å². The van der Waals surface area contributed by atoms with E-state index in [0.29, 0.717) is 17.3 Å². The fraction of sp³-hybridized carbons (Fsp3) is 0.562. The van der Waals surface area contributed by atoms with Crippen molar-refractivity contribution in [2.45, 2.75) is 44.6 Å². The van der Waals surface area contributed by atoms with E-state index in [-0.39, 0.29) is 11.4 Å². The van der Waals surface area contributed by atoms with E-state index >= 15 is 0 Å². The molecule has 0 aromatic heterocycles. The lowest BCUT2D eigenvalue weighted by Crippen LogP contribution is -2.52. The van der Waals surface area contributed by atoms with Gasteiger partial charge >= 0.3 is 0 Å². The predicted molar refractivity (Wildman–Crippen MR) is 84.4 cm³/mol. The Balaban J connectivity index is 1.98. The molecule has 1 aromatic carbocycles. The summed E-state index contributed by atoms with van der Waals surface area (Å²) in [5, 5.41) is 3.79. The molecule has 0 radical (unpaired) electrons. The van der Waals surface area contributed by atoms with E-state index in [1.807, 2.05) is 24.3 Å². The third-order valence-corrected chi connectivity index (χ3v) is 5.08. The maximum absolute atomic E-state index is 12.3. The van der Waals surface area contributed by atoms with Gasteiger partial charge in [-0.05, 0) is 43.2 Å². The topological polar surface area (TPSA) is 29.1 Å². The molecular formula is C16H21Cl2NO. The van der Waals surface area contributed by atoms with Gasteiger partial charge in [-0.1, -0.05) is 36.7 Å². The number of halogens is 2. The van der Waals surface area contributed by atoms with Gasteiger partial charge in [-0.2, -0.15) is 0 Å². The average Bonchev–Trinajstić information content (AvgIpc) is 2.44. The number of hydrogen-bond acceptors (Lipinski definition) is 1. The maximum atomic E-state index is 12.3. The van der Waals surface area contributed by atoms with Crippen LogP contribution in [-0.2, 0) is 11.2 Å². The summed E-state index contributed by atoms with van der Waals surface area (Å²) in [5.41, 5.74) is 0.632. The molecule has 0 bridgehead atoms. The van der Waals surface area contributed by atoms with Crippen LogP contribution in [0.2, 0.25) is 5.02 Å². The van der Waals surface area contributed by atoms with Crippen LogP contribution in [0.25, 0.3) is 0 Å². The van der Waals surface area contributed by atoms with E-state index in [1.165, 1.54) is 0 Å². The molecule has 1 aromatic rings. The number of amides is 1. The van der Waals surface area contributed by atoms with Gasteiger partial charge in [0, 0.05) is 10.9 Å². The van der Waals surface area contributed by atoms with Crippen LogP contribution >= 0.6 is 23.2 Å². The normalized spacial score (nSPS) is 26.2. The zero-order chi connectivity index (χ0) is 14.6. The second kappa shape index (κ2) is 6.82. The minimum Gasteiger partial charge on any atom is -0.349 e. The van der Waals surface area contributed by atoms with Crippen LogP contribution in [0.15, 0.2) is 24.3 Å². The summed E-state index contributed by atoms with van der Waals surface area (Å²) in [6.07, 6.45) is 4.49. The van der Waals surface area contributed by atoms with E-state index in [2.05, 4.69) is 12.2 Å². The number of rotatable bonds is 4. The number of nitrogens with one attached hydrogen (secondary N) is 1. The van der Waals surface area contributed by atoms with Gasteiger partial charge in [0.15, 0.2) is 0 Å². The lowest BCUT2D eigenvalue weighted by atomic mass is 9.78. The van der Waals surface area contributed by atoms with Crippen LogP contribution in [0, 0.1) is 5.92 Å². The summed E-state index contributed by atoms with van der Waals surface area (Å²) < 4.78 is 0. The summed E-state index contributed by atoms with van der Waals surface area (Å²) in [7, 11) is 0. The number of hydrogen-bond donors (Lipinski definition) is 1. The van der Waals surface area contributed by atoms with Gasteiger partial charge in [0.05, 0.1) is 12.0 Å². The lowest BCUT2D eigenvalue weighted by Gasteiger charge is -2.38. The summed E-state index contributed by atoms with van der Waals surface area (Å²) in [6, 6.07) is 7.46. The highest BCUT2D eigenvalue weighted by Gasteiger charge is 2.34. The molecule has 0 heterocycles. The Bertz CT molecular complexity index is 467. The van der Waals surface area contributed by atoms with Crippen LogP contribution in [0.5, 0.6) is 0 Å². The first-order valence-corrected chi connectivity index (χ1v) is 8.06. The highest BCUT2D eigenvalue weighted by atomic mass is 35.5. The van der Waals surface area contributed by atoms with Crippen molar-refractivity contribution in [3.63, 3.8) is 0 Å². The van der Waals surface area contributed by atoms with Gasteiger partial charge in [0.25, 0.3) is 0 Å². The number of alkyl halides is 1. The first-order chi connectivity index (χ1) is 9.54. The molecular weight excluding hydrogens is 293 g/mol. The second-order valence-electron chi connectivity index (χ2n) is 5.91. The lowest BCUT2D eigenvalue weighted by molar-refractivity contribution is -0.122. The monoisotopic (exact) mass is 313 g/mol. The Labute approximate surface area is 130 Å². The van der Waals surface area contributed by atoms with Crippen LogP contribution in [0.3, 0.4) is 0 Å². The molecule has 1 fully saturated rings. The molecule has 2 rings (SSSR count). The van der Waals surface area contributed by atoms with Crippen molar-refractivity contribution in [3.05, 3.63) is 34.9 Å². The zero-order valence-electron chi connectivity index (χ0n) is 11.8. The van der Waals surface area contributed by atoms with Crippen LogP contribution in [-0.4, -0.2) is 17.3 Å². The third kappa shape index (κ3) is 3.89. The molecule has 0 saturated heterocycles. The largest absolute Gasteiger partial charge is 0.349 e. The molecule has 2 nitrogen and oxygen atoms in total. The third-order valence-electron chi connectivity index (χ3n) is 4.20. The number of carbonyl (C=O) groups is 1. The summed E-state index contributed by atoms with van der Waals surface area (Å²) in [5.74, 6) is 1.22. The Kier molecular flexibility index (Phi) is 5.34. The molecule has 1 aliphatic carbocycles. The van der Waals surface area contributed by atoms with E-state index in [9.17, 15) is 4.79 Å². The number of benzene rings is 1. The first-order valence-electron chi connectivity index (χ1n) is 7.15. The van der Waals surface area contributed by atoms with Gasteiger partial charge in [0.1, 0.15) is 0 Å². The molecule has 0 unspecified atom stereocenters. The zero-order valence-corrected chi connectivity index (χ0v) is 13.3. The van der Waals surface area contributed by atoms with Gasteiger partial charge in [0.2, 0.25) is 5.91 Å². The fourth-order valence-electron chi connectivity index (χ4n) is 2.76. The molecule has 20 heavy (non-hydrogen) atoms. The van der Waals surface area contributed by atoms with Crippen molar-refractivity contribution in [2.24, 2.45) is 5.92 Å². The van der Waals surface area contributed by atoms with Gasteiger partial charge in [-0.3, -0.25) is 4.79 Å². The summed E-state index contributed by atoms with van der Waals surface area (Å²) in [6.45, 7) is 2.25. The highest BCUT2D eigenvalue weighted by Crippen LogP contribution is 2.33. The fourth-order valence-corrected chi connectivity index (χ4v) is 3.30. The SMILES string of the molecule is CC1CCC(CCl)(NC(=O)Cc2ccccc2Cl)CC1. The maximum Gasteiger partial charge on any atom is 0.224 e. The van der Waals surface area contributed by atoms with Gasteiger partial charge in [-0.25, -0.2) is 0 Å². The minimum atomic E-state index is -0.230. The quantitative estimate of drug-likeness (QED) is 0.830. The van der Waals surface area contributed by atoms with Crippen molar-refractivity contribution in [3.8, 4) is 0 Å². The van der Waals surface area contributed by atoms with E-state index in [0.717, 1.165) is 37.2 Å². The predicted octanol–water partition coefficient (Wildman–Crippen LogP) is 4.19. The van der Waals surface area contributed by atoms with Crippen LogP contribution in [0.4, 0.5) is 0 Å². The Morgan fingerprint density at radius 3 is 2.60 bits per heavy atom. The molecule has 0 spiro atoms. The molecule has 4 heteroatoms. The molecule has 1 N–H and O–H groups in total. The van der Waals surface area contributed by atoms with Crippen molar-refractivity contribution >= 4 is 29.1 Å². The van der Waals surface area contributed by atoms with Crippen molar-refractivity contribution in [1.82, 2.24) is 5.32 Å². The molecule has 1 saturated carbocycles. The van der Waals surface area contributed by atoms with E-state index < -0.39 is 0 Å². The van der Waals surface area contributed by atoms with E-state index in [1.54, 1.807) is 0 Å². The van der Waals surface area contributed by atoms with Gasteiger partial charge in [-0.15, -0.1) is 11.6 Å². The van der Waals surface area contributed by atoms with Crippen molar-refractivity contribution < 1.29 is 4.79 Å². The molecule has 110 valence electrons. The number of carbonyl (C=O) groups excluding carboxylic acids is 1. The van der Waals surface area contributed by atoms with Crippen LogP contribution in [0.1, 0.15) is 38.2 Å².